The number of nitrogens with zero attached hydrogens (tertiary/aromatic N) is 3. The van der Waals surface area contributed by atoms with Crippen molar-refractivity contribution in [1.29, 1.82) is 0 Å². The maximum atomic E-state index is 12.0. The van der Waals surface area contributed by atoms with Gasteiger partial charge in [0.05, 0.1) is 0 Å². The topological polar surface area (TPSA) is 96.7 Å². The lowest BCUT2D eigenvalue weighted by molar-refractivity contribution is 0.708. The van der Waals surface area contributed by atoms with Crippen LogP contribution in [0.5, 0.6) is 0 Å². The Hall–Kier alpha value is -2.09. The second-order valence-electron chi connectivity index (χ2n) is 4.82. The van der Waals surface area contributed by atoms with Gasteiger partial charge >= 0.3 is 5.69 Å². The first-order chi connectivity index (χ1) is 9.08. The van der Waals surface area contributed by atoms with Crippen molar-refractivity contribution < 1.29 is 0 Å². The maximum absolute atomic E-state index is 12.0. The summed E-state index contributed by atoms with van der Waals surface area (Å²) in [6, 6.07) is 0.293. The molecule has 1 aliphatic heterocycles. The van der Waals surface area contributed by atoms with E-state index in [2.05, 4.69) is 20.6 Å². The lowest BCUT2D eigenvalue weighted by atomic mass is 10.3. The van der Waals surface area contributed by atoms with Crippen LogP contribution in [0.1, 0.15) is 6.42 Å². The van der Waals surface area contributed by atoms with E-state index in [0.29, 0.717) is 23.2 Å². The Bertz CT molecular complexity index is 734. The third-order valence-electron chi connectivity index (χ3n) is 3.50. The highest BCUT2D eigenvalue weighted by molar-refractivity contribution is 5.72. The summed E-state index contributed by atoms with van der Waals surface area (Å²) in [7, 11) is 3.06. The molecule has 0 amide bonds. The summed E-state index contributed by atoms with van der Waals surface area (Å²) in [4.78, 5) is 31.0. The SMILES string of the molecule is Cn1c(=O)c2[nH]c(NC3CCNC3)nc2n(C)c1=O. The summed E-state index contributed by atoms with van der Waals surface area (Å²) < 4.78 is 2.44. The van der Waals surface area contributed by atoms with Gasteiger partial charge in [0.1, 0.15) is 0 Å². The summed E-state index contributed by atoms with van der Waals surface area (Å²) in [6.45, 7) is 1.84. The van der Waals surface area contributed by atoms with Crippen molar-refractivity contribution >= 4 is 17.1 Å². The van der Waals surface area contributed by atoms with E-state index in [-0.39, 0.29) is 11.2 Å². The standard InChI is InChI=1S/C11H16N6O2/c1-16-8-7(9(18)17(2)11(16)19)14-10(15-8)13-6-3-4-12-5-6/h6,12H,3-5H2,1-2H3,(H2,13,14,15). The highest BCUT2D eigenvalue weighted by Gasteiger charge is 2.18. The van der Waals surface area contributed by atoms with Gasteiger partial charge in [-0.2, -0.15) is 4.98 Å². The van der Waals surface area contributed by atoms with E-state index < -0.39 is 0 Å². The maximum Gasteiger partial charge on any atom is 0.332 e. The van der Waals surface area contributed by atoms with Crippen molar-refractivity contribution in [2.45, 2.75) is 12.5 Å². The minimum absolute atomic E-state index is 0.293. The van der Waals surface area contributed by atoms with Gasteiger partial charge in [0.15, 0.2) is 11.2 Å². The number of hydrogen-bond donors (Lipinski definition) is 3. The lowest BCUT2D eigenvalue weighted by Gasteiger charge is -2.08. The van der Waals surface area contributed by atoms with Crippen LogP contribution in [0.25, 0.3) is 11.2 Å². The monoisotopic (exact) mass is 264 g/mol. The van der Waals surface area contributed by atoms with Gasteiger partial charge in [0.25, 0.3) is 5.56 Å². The average molecular weight is 264 g/mol. The molecule has 1 aliphatic rings. The predicted octanol–water partition coefficient (Wildman–Crippen LogP) is -1.27. The molecule has 0 aliphatic carbocycles. The van der Waals surface area contributed by atoms with Gasteiger partial charge in [-0.1, -0.05) is 0 Å². The molecule has 3 N–H and O–H groups in total. The van der Waals surface area contributed by atoms with Crippen LogP contribution in [-0.4, -0.2) is 38.2 Å². The summed E-state index contributed by atoms with van der Waals surface area (Å²) in [6.07, 6.45) is 1.01. The number of rotatable bonds is 2. The van der Waals surface area contributed by atoms with Crippen LogP contribution in [0.3, 0.4) is 0 Å². The molecule has 102 valence electrons. The van der Waals surface area contributed by atoms with Crippen LogP contribution in [0, 0.1) is 0 Å². The Morgan fingerprint density at radius 1 is 1.32 bits per heavy atom. The van der Waals surface area contributed by atoms with E-state index >= 15 is 0 Å². The fourth-order valence-corrected chi connectivity index (χ4v) is 2.37. The van der Waals surface area contributed by atoms with Crippen molar-refractivity contribution in [3.63, 3.8) is 0 Å². The number of aromatic amines is 1. The Morgan fingerprint density at radius 2 is 2.11 bits per heavy atom. The van der Waals surface area contributed by atoms with Gasteiger partial charge in [-0.25, -0.2) is 4.79 Å². The molecule has 8 heteroatoms. The van der Waals surface area contributed by atoms with Gasteiger partial charge < -0.3 is 15.6 Å². The average Bonchev–Trinajstić information content (AvgIpc) is 3.04. The van der Waals surface area contributed by atoms with Crippen molar-refractivity contribution in [3.8, 4) is 0 Å². The quantitative estimate of drug-likeness (QED) is 0.629. The molecular weight excluding hydrogens is 248 g/mol. The molecule has 1 unspecified atom stereocenters. The summed E-state index contributed by atoms with van der Waals surface area (Å²) >= 11 is 0. The number of nitrogens with one attached hydrogen (secondary N) is 3. The fourth-order valence-electron chi connectivity index (χ4n) is 2.37. The number of anilines is 1. The van der Waals surface area contributed by atoms with Crippen molar-refractivity contribution in [3.05, 3.63) is 20.8 Å². The molecular formula is C11H16N6O2. The third kappa shape index (κ3) is 1.84. The molecule has 1 atom stereocenters. The Balaban J connectivity index is 2.10. The second-order valence-corrected chi connectivity index (χ2v) is 4.82. The van der Waals surface area contributed by atoms with Crippen LogP contribution in [-0.2, 0) is 14.1 Å². The van der Waals surface area contributed by atoms with Gasteiger partial charge in [-0.3, -0.25) is 13.9 Å². The Kier molecular flexibility index (Phi) is 2.67. The van der Waals surface area contributed by atoms with Crippen LogP contribution in [0.2, 0.25) is 0 Å². The van der Waals surface area contributed by atoms with Crippen LogP contribution in [0.4, 0.5) is 5.95 Å². The largest absolute Gasteiger partial charge is 0.352 e. The van der Waals surface area contributed by atoms with Crippen LogP contribution in [0.15, 0.2) is 9.59 Å². The first-order valence-electron chi connectivity index (χ1n) is 6.21. The fraction of sp³-hybridized carbons (Fsp3) is 0.545. The smallest absolute Gasteiger partial charge is 0.332 e. The normalized spacial score (nSPS) is 19.2. The molecule has 0 spiro atoms. The van der Waals surface area contributed by atoms with Crippen LogP contribution < -0.4 is 21.9 Å². The van der Waals surface area contributed by atoms with Gasteiger partial charge in [-0.05, 0) is 13.0 Å². The molecule has 0 bridgehead atoms. The van der Waals surface area contributed by atoms with E-state index in [1.807, 2.05) is 0 Å². The Labute approximate surface area is 108 Å². The number of H-pyrrole nitrogens is 1. The Morgan fingerprint density at radius 3 is 2.79 bits per heavy atom. The highest BCUT2D eigenvalue weighted by atomic mass is 16.2. The molecule has 0 aromatic carbocycles. The van der Waals surface area contributed by atoms with Crippen molar-refractivity contribution in [2.24, 2.45) is 14.1 Å². The van der Waals surface area contributed by atoms with E-state index in [9.17, 15) is 9.59 Å². The molecule has 2 aromatic heterocycles. The third-order valence-corrected chi connectivity index (χ3v) is 3.50. The van der Waals surface area contributed by atoms with E-state index in [1.54, 1.807) is 7.05 Å². The predicted molar refractivity (Wildman–Crippen MR) is 71.5 cm³/mol. The number of imidazole rings is 1. The van der Waals surface area contributed by atoms with Gasteiger partial charge in [0.2, 0.25) is 5.95 Å². The minimum atomic E-state index is -0.377. The molecule has 3 rings (SSSR count). The number of fused-ring (bicyclic) bond motifs is 1. The minimum Gasteiger partial charge on any atom is -0.352 e. The summed E-state index contributed by atoms with van der Waals surface area (Å²) in [5.41, 5.74) is -0.0131. The first-order valence-corrected chi connectivity index (χ1v) is 6.21. The zero-order chi connectivity index (χ0) is 13.6. The molecule has 0 saturated carbocycles. The van der Waals surface area contributed by atoms with E-state index in [1.165, 1.54) is 11.6 Å². The second kappa shape index (κ2) is 4.23. The van der Waals surface area contributed by atoms with Gasteiger partial charge in [-0.15, -0.1) is 0 Å². The molecule has 2 aromatic rings. The number of aryl methyl sites for hydroxylation is 1. The van der Waals surface area contributed by atoms with Gasteiger partial charge in [0, 0.05) is 26.7 Å². The summed E-state index contributed by atoms with van der Waals surface area (Å²) in [5, 5.41) is 6.47. The number of hydrogen-bond acceptors (Lipinski definition) is 5. The zero-order valence-electron chi connectivity index (χ0n) is 10.9. The number of aromatic nitrogens is 4. The molecule has 19 heavy (non-hydrogen) atoms. The molecule has 8 nitrogen and oxygen atoms in total. The van der Waals surface area contributed by atoms with Crippen molar-refractivity contribution in [2.75, 3.05) is 18.4 Å². The van der Waals surface area contributed by atoms with Crippen LogP contribution >= 0.6 is 0 Å². The highest BCUT2D eigenvalue weighted by Crippen LogP contribution is 2.11. The molecule has 3 heterocycles. The molecule has 1 saturated heterocycles. The summed E-state index contributed by atoms with van der Waals surface area (Å²) in [5.74, 6) is 0.530. The van der Waals surface area contributed by atoms with E-state index in [0.717, 1.165) is 24.1 Å². The van der Waals surface area contributed by atoms with E-state index in [4.69, 9.17) is 0 Å². The van der Waals surface area contributed by atoms with Crippen molar-refractivity contribution in [1.82, 2.24) is 24.4 Å². The lowest BCUT2D eigenvalue weighted by Crippen LogP contribution is -2.36. The first kappa shape index (κ1) is 12.0. The molecule has 1 fully saturated rings. The molecule has 0 radical (unpaired) electrons. The zero-order valence-corrected chi connectivity index (χ0v) is 10.9.